The second-order valence-electron chi connectivity index (χ2n) is 5.16. The zero-order chi connectivity index (χ0) is 15.4. The number of hydrogen-bond acceptors (Lipinski definition) is 1. The molecule has 110 valence electrons. The minimum atomic E-state index is -1.01. The predicted octanol–water partition coefficient (Wildman–Crippen LogP) is 3.76. The van der Waals surface area contributed by atoms with Crippen LogP contribution in [0.1, 0.15) is 16.7 Å². The van der Waals surface area contributed by atoms with Gasteiger partial charge in [0.25, 0.3) is 0 Å². The zero-order valence-corrected chi connectivity index (χ0v) is 11.6. The van der Waals surface area contributed by atoms with E-state index in [9.17, 15) is 18.7 Å². The number of benzene rings is 2. The first kappa shape index (κ1) is 15.2. The zero-order valence-electron chi connectivity index (χ0n) is 11.6. The highest BCUT2D eigenvalue weighted by atomic mass is 19.1. The molecule has 1 unspecified atom stereocenters. The van der Waals surface area contributed by atoms with Gasteiger partial charge in [0, 0.05) is 0 Å². The summed E-state index contributed by atoms with van der Waals surface area (Å²) < 4.78 is 26.8. The van der Waals surface area contributed by atoms with Gasteiger partial charge in [-0.3, -0.25) is 4.79 Å². The second-order valence-corrected chi connectivity index (χ2v) is 5.16. The van der Waals surface area contributed by atoms with Crippen LogP contribution in [0.15, 0.2) is 42.5 Å². The lowest BCUT2D eigenvalue weighted by Crippen LogP contribution is -2.20. The Hall–Kier alpha value is -2.23. The van der Waals surface area contributed by atoms with Crippen LogP contribution in [0.25, 0.3) is 0 Å². The van der Waals surface area contributed by atoms with Crippen molar-refractivity contribution in [2.45, 2.75) is 19.8 Å². The van der Waals surface area contributed by atoms with Crippen molar-refractivity contribution >= 4 is 5.97 Å². The highest BCUT2D eigenvalue weighted by molar-refractivity contribution is 5.71. The molecule has 0 aliphatic carbocycles. The maximum atomic E-state index is 13.6. The van der Waals surface area contributed by atoms with E-state index < -0.39 is 23.5 Å². The molecule has 0 saturated heterocycles. The van der Waals surface area contributed by atoms with Gasteiger partial charge in [-0.15, -0.1) is 0 Å². The highest BCUT2D eigenvalue weighted by Crippen LogP contribution is 2.19. The fourth-order valence-electron chi connectivity index (χ4n) is 2.22. The van der Waals surface area contributed by atoms with Gasteiger partial charge in [0.1, 0.15) is 11.6 Å². The summed E-state index contributed by atoms with van der Waals surface area (Å²) in [5, 5.41) is 9.29. The first-order valence-corrected chi connectivity index (χ1v) is 6.68. The van der Waals surface area contributed by atoms with Crippen molar-refractivity contribution in [3.8, 4) is 0 Å². The molecule has 0 aliphatic heterocycles. The van der Waals surface area contributed by atoms with E-state index >= 15 is 0 Å². The minimum Gasteiger partial charge on any atom is -0.481 e. The van der Waals surface area contributed by atoms with E-state index in [1.54, 1.807) is 0 Å². The number of aliphatic carboxylic acids is 1. The third-order valence-corrected chi connectivity index (χ3v) is 3.43. The summed E-state index contributed by atoms with van der Waals surface area (Å²) >= 11 is 0. The molecule has 21 heavy (non-hydrogen) atoms. The van der Waals surface area contributed by atoms with Crippen molar-refractivity contribution in [2.75, 3.05) is 0 Å². The fraction of sp³-hybridized carbons (Fsp3) is 0.235. The standard InChI is InChI=1S/C17H16F2O2/c1-11-2-4-12(5-3-11)8-14(17(20)21)9-13-10-15(18)6-7-16(13)19/h2-7,10,14H,8-9H2,1H3,(H,20,21). The molecule has 4 heteroatoms. The van der Waals surface area contributed by atoms with Crippen LogP contribution in [-0.2, 0) is 17.6 Å². The lowest BCUT2D eigenvalue weighted by molar-refractivity contribution is -0.141. The topological polar surface area (TPSA) is 37.3 Å². The van der Waals surface area contributed by atoms with Gasteiger partial charge in [0.05, 0.1) is 5.92 Å². The molecule has 0 saturated carbocycles. The Bertz CT molecular complexity index is 636. The Morgan fingerprint density at radius 1 is 1.10 bits per heavy atom. The van der Waals surface area contributed by atoms with Crippen LogP contribution in [0, 0.1) is 24.5 Å². The summed E-state index contributed by atoms with van der Waals surface area (Å²) in [5.41, 5.74) is 2.04. The maximum Gasteiger partial charge on any atom is 0.307 e. The molecule has 0 bridgehead atoms. The Morgan fingerprint density at radius 2 is 1.76 bits per heavy atom. The number of rotatable bonds is 5. The Kier molecular flexibility index (Phi) is 4.68. The Labute approximate surface area is 122 Å². The van der Waals surface area contributed by atoms with Crippen LogP contribution in [0.4, 0.5) is 8.78 Å². The van der Waals surface area contributed by atoms with Gasteiger partial charge < -0.3 is 5.11 Å². The van der Waals surface area contributed by atoms with Crippen molar-refractivity contribution in [1.29, 1.82) is 0 Å². The number of halogens is 2. The van der Waals surface area contributed by atoms with Gasteiger partial charge in [-0.05, 0) is 49.1 Å². The molecule has 0 aromatic heterocycles. The molecule has 0 fully saturated rings. The quantitative estimate of drug-likeness (QED) is 0.910. The summed E-state index contributed by atoms with van der Waals surface area (Å²) in [6.45, 7) is 1.95. The van der Waals surface area contributed by atoms with Crippen LogP contribution >= 0.6 is 0 Å². The monoisotopic (exact) mass is 290 g/mol. The van der Waals surface area contributed by atoms with Crippen LogP contribution in [0.3, 0.4) is 0 Å². The van der Waals surface area contributed by atoms with Crippen molar-refractivity contribution in [1.82, 2.24) is 0 Å². The normalized spacial score (nSPS) is 12.1. The molecular weight excluding hydrogens is 274 g/mol. The number of hydrogen-bond donors (Lipinski definition) is 1. The third kappa shape index (κ3) is 4.12. The predicted molar refractivity (Wildman–Crippen MR) is 76.1 cm³/mol. The molecule has 2 aromatic carbocycles. The molecule has 1 atom stereocenters. The van der Waals surface area contributed by atoms with Gasteiger partial charge in [0.15, 0.2) is 0 Å². The summed E-state index contributed by atoms with van der Waals surface area (Å²) in [6.07, 6.45) is 0.248. The third-order valence-electron chi connectivity index (χ3n) is 3.43. The van der Waals surface area contributed by atoms with Gasteiger partial charge in [-0.2, -0.15) is 0 Å². The maximum absolute atomic E-state index is 13.6. The highest BCUT2D eigenvalue weighted by Gasteiger charge is 2.20. The largest absolute Gasteiger partial charge is 0.481 e. The molecular formula is C17H16F2O2. The molecule has 2 nitrogen and oxygen atoms in total. The number of carboxylic acid groups (broad SMARTS) is 1. The van der Waals surface area contributed by atoms with Crippen molar-refractivity contribution in [3.63, 3.8) is 0 Å². The van der Waals surface area contributed by atoms with Crippen molar-refractivity contribution in [3.05, 3.63) is 70.8 Å². The Balaban J connectivity index is 2.17. The van der Waals surface area contributed by atoms with E-state index in [2.05, 4.69) is 0 Å². The molecule has 2 aromatic rings. The minimum absolute atomic E-state index is 0.0349. The van der Waals surface area contributed by atoms with E-state index in [1.807, 2.05) is 31.2 Å². The lowest BCUT2D eigenvalue weighted by atomic mass is 9.92. The number of carboxylic acids is 1. The van der Waals surface area contributed by atoms with Crippen molar-refractivity contribution < 1.29 is 18.7 Å². The van der Waals surface area contributed by atoms with Gasteiger partial charge >= 0.3 is 5.97 Å². The summed E-state index contributed by atoms with van der Waals surface area (Å²) in [5.74, 6) is -2.94. The van der Waals surface area contributed by atoms with E-state index in [1.165, 1.54) is 0 Å². The van der Waals surface area contributed by atoms with Crippen LogP contribution < -0.4 is 0 Å². The molecule has 0 aliphatic rings. The lowest BCUT2D eigenvalue weighted by Gasteiger charge is -2.13. The summed E-state index contributed by atoms with van der Waals surface area (Å²) in [4.78, 5) is 11.4. The van der Waals surface area contributed by atoms with E-state index in [0.29, 0.717) is 0 Å². The molecule has 2 rings (SSSR count). The first-order valence-electron chi connectivity index (χ1n) is 6.68. The molecule has 0 amide bonds. The fourth-order valence-corrected chi connectivity index (χ4v) is 2.22. The van der Waals surface area contributed by atoms with Gasteiger partial charge in [-0.1, -0.05) is 29.8 Å². The van der Waals surface area contributed by atoms with E-state index in [-0.39, 0.29) is 18.4 Å². The first-order chi connectivity index (χ1) is 9.95. The van der Waals surface area contributed by atoms with E-state index in [0.717, 1.165) is 29.3 Å². The van der Waals surface area contributed by atoms with Gasteiger partial charge in [0.2, 0.25) is 0 Å². The van der Waals surface area contributed by atoms with E-state index in [4.69, 9.17) is 0 Å². The average molecular weight is 290 g/mol. The molecule has 0 heterocycles. The van der Waals surface area contributed by atoms with Crippen molar-refractivity contribution in [2.24, 2.45) is 5.92 Å². The Morgan fingerprint density at radius 3 is 2.38 bits per heavy atom. The van der Waals surface area contributed by atoms with Crippen LogP contribution in [0.5, 0.6) is 0 Å². The second kappa shape index (κ2) is 6.48. The molecule has 0 radical (unpaired) electrons. The summed E-state index contributed by atoms with van der Waals surface area (Å²) in [6, 6.07) is 10.6. The van der Waals surface area contributed by atoms with Crippen LogP contribution in [0.2, 0.25) is 0 Å². The van der Waals surface area contributed by atoms with Crippen LogP contribution in [-0.4, -0.2) is 11.1 Å². The number of aryl methyl sites for hydroxylation is 1. The smallest absolute Gasteiger partial charge is 0.307 e. The summed E-state index contributed by atoms with van der Waals surface area (Å²) in [7, 11) is 0. The average Bonchev–Trinajstić information content (AvgIpc) is 2.44. The number of carbonyl (C=O) groups is 1. The SMILES string of the molecule is Cc1ccc(CC(Cc2cc(F)ccc2F)C(=O)O)cc1. The van der Waals surface area contributed by atoms with Gasteiger partial charge in [-0.25, -0.2) is 8.78 Å². The molecule has 1 N–H and O–H groups in total. The molecule has 0 spiro atoms.